The third-order valence-electron chi connectivity index (χ3n) is 5.19. The van der Waals surface area contributed by atoms with Crippen LogP contribution in [0.5, 0.6) is 5.75 Å². The summed E-state index contributed by atoms with van der Waals surface area (Å²) in [7, 11) is 3.42. The van der Waals surface area contributed by atoms with E-state index in [1.54, 1.807) is 14.2 Å². The number of benzene rings is 2. The van der Waals surface area contributed by atoms with Crippen LogP contribution in [0.25, 0.3) is 0 Å². The summed E-state index contributed by atoms with van der Waals surface area (Å²) in [6.07, 6.45) is 2.48. The molecule has 2 aromatic rings. The highest BCUT2D eigenvalue weighted by atomic mass is 16.5. The lowest BCUT2D eigenvalue weighted by Gasteiger charge is -2.16. The highest BCUT2D eigenvalue weighted by Crippen LogP contribution is 2.21. The van der Waals surface area contributed by atoms with Gasteiger partial charge in [0, 0.05) is 45.4 Å². The Morgan fingerprint density at radius 2 is 1.81 bits per heavy atom. The zero-order valence-electron chi connectivity index (χ0n) is 18.4. The summed E-state index contributed by atoms with van der Waals surface area (Å²) >= 11 is 0. The first-order chi connectivity index (χ1) is 15.2. The minimum Gasteiger partial charge on any atom is -0.497 e. The maximum atomic E-state index is 11.9. The highest BCUT2D eigenvalue weighted by Gasteiger charge is 2.21. The molecule has 1 amide bonds. The minimum absolute atomic E-state index is 0.212. The third kappa shape index (κ3) is 7.00. The number of methoxy groups -OCH3 is 1. The summed E-state index contributed by atoms with van der Waals surface area (Å²) in [5, 5.41) is 6.62. The molecule has 2 aromatic carbocycles. The van der Waals surface area contributed by atoms with Crippen LogP contribution in [0.4, 0.5) is 5.69 Å². The van der Waals surface area contributed by atoms with Gasteiger partial charge in [0.25, 0.3) is 0 Å². The maximum Gasteiger partial charge on any atom is 0.227 e. The molecule has 0 radical (unpaired) electrons. The van der Waals surface area contributed by atoms with E-state index < -0.39 is 0 Å². The molecule has 7 heteroatoms. The molecule has 1 fully saturated rings. The average molecular weight is 425 g/mol. The number of nitrogens with zero attached hydrogens (tertiary/aromatic N) is 2. The second-order valence-corrected chi connectivity index (χ2v) is 7.42. The Morgan fingerprint density at radius 1 is 1.06 bits per heavy atom. The lowest BCUT2D eigenvalue weighted by molar-refractivity contribution is -0.117. The van der Waals surface area contributed by atoms with Crippen molar-refractivity contribution >= 4 is 17.6 Å². The fourth-order valence-electron chi connectivity index (χ4n) is 3.41. The molecule has 1 aliphatic heterocycles. The first-order valence-corrected chi connectivity index (χ1v) is 10.7. The Morgan fingerprint density at radius 3 is 2.45 bits per heavy atom. The molecule has 1 heterocycles. The summed E-state index contributed by atoms with van der Waals surface area (Å²) in [5.74, 6) is 1.82. The molecule has 0 unspecified atom stereocenters. The predicted octanol–water partition coefficient (Wildman–Crippen LogP) is 3.09. The highest BCUT2D eigenvalue weighted by molar-refractivity contribution is 5.95. The topological polar surface area (TPSA) is 75.2 Å². The van der Waals surface area contributed by atoms with Crippen LogP contribution in [-0.2, 0) is 22.7 Å². The van der Waals surface area contributed by atoms with E-state index in [2.05, 4.69) is 15.6 Å². The quantitative estimate of drug-likeness (QED) is 0.348. The van der Waals surface area contributed by atoms with Crippen LogP contribution < -0.4 is 20.3 Å². The van der Waals surface area contributed by atoms with E-state index in [9.17, 15) is 4.79 Å². The number of carbonyl (C=O) groups is 1. The van der Waals surface area contributed by atoms with Gasteiger partial charge in [0.15, 0.2) is 5.96 Å². The van der Waals surface area contributed by atoms with Crippen molar-refractivity contribution in [3.63, 3.8) is 0 Å². The number of anilines is 1. The third-order valence-corrected chi connectivity index (χ3v) is 5.19. The van der Waals surface area contributed by atoms with Gasteiger partial charge in [0.1, 0.15) is 5.75 Å². The number of amides is 1. The lowest BCUT2D eigenvalue weighted by Crippen LogP contribution is -2.37. The first kappa shape index (κ1) is 22.6. The Hall–Kier alpha value is -3.06. The number of guanidine groups is 1. The van der Waals surface area contributed by atoms with Crippen molar-refractivity contribution in [2.75, 3.05) is 38.8 Å². The van der Waals surface area contributed by atoms with Crippen LogP contribution in [0.1, 0.15) is 30.4 Å². The molecular weight excluding hydrogens is 392 g/mol. The molecule has 1 aliphatic rings. The van der Waals surface area contributed by atoms with Gasteiger partial charge in [-0.05, 0) is 48.2 Å². The average Bonchev–Trinajstić information content (AvgIpc) is 3.24. The van der Waals surface area contributed by atoms with Gasteiger partial charge >= 0.3 is 0 Å². The minimum atomic E-state index is 0.212. The Kier molecular flexibility index (Phi) is 8.72. The fraction of sp³-hybridized carbons (Fsp3) is 0.417. The molecule has 0 bridgehead atoms. The number of carbonyl (C=O) groups excluding carboxylic acids is 1. The molecular formula is C24H32N4O3. The van der Waals surface area contributed by atoms with Crippen LogP contribution in [0.3, 0.4) is 0 Å². The van der Waals surface area contributed by atoms with Crippen molar-refractivity contribution in [3.05, 3.63) is 59.7 Å². The van der Waals surface area contributed by atoms with E-state index in [4.69, 9.17) is 9.47 Å². The van der Waals surface area contributed by atoms with Gasteiger partial charge in [-0.25, -0.2) is 0 Å². The van der Waals surface area contributed by atoms with Gasteiger partial charge in [-0.2, -0.15) is 0 Å². The Balaban J connectivity index is 1.31. The van der Waals surface area contributed by atoms with Crippen LogP contribution in [0.15, 0.2) is 53.5 Å². The zero-order valence-corrected chi connectivity index (χ0v) is 18.4. The summed E-state index contributed by atoms with van der Waals surface area (Å²) in [6.45, 7) is 3.53. The summed E-state index contributed by atoms with van der Waals surface area (Å²) in [6, 6.07) is 16.0. The van der Waals surface area contributed by atoms with Crippen molar-refractivity contribution in [1.82, 2.24) is 10.6 Å². The molecule has 0 saturated carbocycles. The van der Waals surface area contributed by atoms with Crippen molar-refractivity contribution in [1.29, 1.82) is 0 Å². The van der Waals surface area contributed by atoms with Crippen molar-refractivity contribution in [3.8, 4) is 5.75 Å². The van der Waals surface area contributed by atoms with Gasteiger partial charge in [-0.1, -0.05) is 24.3 Å². The van der Waals surface area contributed by atoms with Crippen LogP contribution in [0, 0.1) is 0 Å². The standard InChI is InChI=1S/C24H32N4O3/c1-25-24(26-14-4-16-31-18-20-8-12-22(30-2)13-9-20)27-17-19-6-10-21(11-7-19)28-15-3-5-23(28)29/h6-13H,3-5,14-18H2,1-2H3,(H2,25,26,27). The predicted molar refractivity (Wildman–Crippen MR) is 123 cm³/mol. The van der Waals surface area contributed by atoms with Gasteiger partial charge in [0.05, 0.1) is 13.7 Å². The van der Waals surface area contributed by atoms with E-state index in [0.29, 0.717) is 26.2 Å². The van der Waals surface area contributed by atoms with E-state index >= 15 is 0 Å². The van der Waals surface area contributed by atoms with Crippen molar-refractivity contribution in [2.45, 2.75) is 32.4 Å². The Bertz CT molecular complexity index is 850. The lowest BCUT2D eigenvalue weighted by atomic mass is 10.2. The molecule has 1 saturated heterocycles. The van der Waals surface area contributed by atoms with Gasteiger partial charge in [-0.3, -0.25) is 9.79 Å². The maximum absolute atomic E-state index is 11.9. The fourth-order valence-corrected chi connectivity index (χ4v) is 3.41. The number of hydrogen-bond donors (Lipinski definition) is 2. The molecule has 0 atom stereocenters. The summed E-state index contributed by atoms with van der Waals surface area (Å²) in [5.41, 5.74) is 3.25. The number of hydrogen-bond acceptors (Lipinski definition) is 4. The summed E-state index contributed by atoms with van der Waals surface area (Å²) in [4.78, 5) is 18.0. The first-order valence-electron chi connectivity index (χ1n) is 10.7. The number of nitrogens with one attached hydrogen (secondary N) is 2. The van der Waals surface area contributed by atoms with E-state index in [1.165, 1.54) is 0 Å². The normalized spacial score (nSPS) is 14.1. The second kappa shape index (κ2) is 12.0. The molecule has 0 spiro atoms. The second-order valence-electron chi connectivity index (χ2n) is 7.42. The van der Waals surface area contributed by atoms with Crippen molar-refractivity contribution < 1.29 is 14.3 Å². The SMILES string of the molecule is CN=C(NCCCOCc1ccc(OC)cc1)NCc1ccc(N2CCCC2=O)cc1. The van der Waals surface area contributed by atoms with E-state index in [-0.39, 0.29) is 5.91 Å². The number of rotatable bonds is 10. The van der Waals surface area contributed by atoms with E-state index in [1.807, 2.05) is 53.4 Å². The number of aliphatic imine (C=N–C) groups is 1. The van der Waals surface area contributed by atoms with Gasteiger partial charge in [0.2, 0.25) is 5.91 Å². The van der Waals surface area contributed by atoms with Gasteiger partial charge in [-0.15, -0.1) is 0 Å². The summed E-state index contributed by atoms with van der Waals surface area (Å²) < 4.78 is 10.9. The zero-order chi connectivity index (χ0) is 21.9. The molecule has 7 nitrogen and oxygen atoms in total. The van der Waals surface area contributed by atoms with E-state index in [0.717, 1.165) is 54.5 Å². The smallest absolute Gasteiger partial charge is 0.227 e. The molecule has 2 N–H and O–H groups in total. The van der Waals surface area contributed by atoms with Gasteiger partial charge < -0.3 is 25.0 Å². The van der Waals surface area contributed by atoms with Crippen LogP contribution >= 0.6 is 0 Å². The largest absolute Gasteiger partial charge is 0.497 e. The molecule has 31 heavy (non-hydrogen) atoms. The van der Waals surface area contributed by atoms with Crippen LogP contribution in [0.2, 0.25) is 0 Å². The number of ether oxygens (including phenoxy) is 2. The molecule has 0 aromatic heterocycles. The molecule has 3 rings (SSSR count). The molecule has 166 valence electrons. The molecule has 0 aliphatic carbocycles. The Labute approximate surface area is 184 Å². The monoisotopic (exact) mass is 424 g/mol. The van der Waals surface area contributed by atoms with Crippen molar-refractivity contribution in [2.24, 2.45) is 4.99 Å². The van der Waals surface area contributed by atoms with Crippen LogP contribution in [-0.4, -0.2) is 45.7 Å².